The van der Waals surface area contributed by atoms with Crippen molar-refractivity contribution in [2.24, 2.45) is 0 Å². The van der Waals surface area contributed by atoms with E-state index in [1.165, 1.54) is 6.07 Å². The fourth-order valence-electron chi connectivity index (χ4n) is 2.11. The fourth-order valence-corrected chi connectivity index (χ4v) is 2.11. The molecule has 1 fully saturated rings. The number of halogens is 4. The van der Waals surface area contributed by atoms with Gasteiger partial charge in [-0.25, -0.2) is 4.39 Å². The largest absolute Gasteiger partial charge is 0.419 e. The molecular formula is C12H13F4N. The van der Waals surface area contributed by atoms with E-state index < -0.39 is 17.6 Å². The summed E-state index contributed by atoms with van der Waals surface area (Å²) in [6.45, 7) is 0.827. The molecule has 1 aliphatic heterocycles. The van der Waals surface area contributed by atoms with E-state index >= 15 is 0 Å². The van der Waals surface area contributed by atoms with Gasteiger partial charge < -0.3 is 5.32 Å². The molecule has 2 rings (SSSR count). The highest BCUT2D eigenvalue weighted by molar-refractivity contribution is 5.28. The average molecular weight is 247 g/mol. The Balaban J connectivity index is 2.24. The van der Waals surface area contributed by atoms with Gasteiger partial charge in [0, 0.05) is 6.04 Å². The summed E-state index contributed by atoms with van der Waals surface area (Å²) < 4.78 is 50.5. The van der Waals surface area contributed by atoms with Gasteiger partial charge in [-0.05, 0) is 37.1 Å². The highest BCUT2D eigenvalue weighted by Crippen LogP contribution is 2.33. The molecule has 1 saturated heterocycles. The van der Waals surface area contributed by atoms with Crippen LogP contribution in [0.25, 0.3) is 0 Å². The van der Waals surface area contributed by atoms with Crippen LogP contribution in [-0.4, -0.2) is 6.54 Å². The molecule has 1 atom stereocenters. The summed E-state index contributed by atoms with van der Waals surface area (Å²) in [5, 5.41) is 3.17. The number of rotatable bonds is 1. The van der Waals surface area contributed by atoms with Crippen molar-refractivity contribution in [1.29, 1.82) is 0 Å². The lowest BCUT2D eigenvalue weighted by Gasteiger charge is -2.24. The van der Waals surface area contributed by atoms with E-state index in [1.807, 2.05) is 0 Å². The first kappa shape index (κ1) is 12.4. The maximum atomic E-state index is 13.4. The van der Waals surface area contributed by atoms with Crippen molar-refractivity contribution in [3.8, 4) is 0 Å². The molecule has 1 nitrogen and oxygen atoms in total. The Labute approximate surface area is 96.8 Å². The highest BCUT2D eigenvalue weighted by Gasteiger charge is 2.34. The fraction of sp³-hybridized carbons (Fsp3) is 0.500. The van der Waals surface area contributed by atoms with E-state index in [0.29, 0.717) is 5.56 Å². The first-order chi connectivity index (χ1) is 7.98. The van der Waals surface area contributed by atoms with Crippen molar-refractivity contribution in [3.63, 3.8) is 0 Å². The third-order valence-corrected chi connectivity index (χ3v) is 3.01. The molecule has 94 valence electrons. The Bertz CT molecular complexity index is 394. The third-order valence-electron chi connectivity index (χ3n) is 3.01. The maximum absolute atomic E-state index is 13.4. The molecule has 1 aromatic rings. The number of benzene rings is 1. The highest BCUT2D eigenvalue weighted by atomic mass is 19.4. The van der Waals surface area contributed by atoms with Crippen molar-refractivity contribution in [1.82, 2.24) is 5.32 Å². The Hall–Kier alpha value is -1.10. The van der Waals surface area contributed by atoms with Crippen LogP contribution < -0.4 is 5.32 Å². The van der Waals surface area contributed by atoms with Gasteiger partial charge in [0.1, 0.15) is 5.82 Å². The molecule has 1 aliphatic rings. The average Bonchev–Trinajstić information content (AvgIpc) is 2.28. The van der Waals surface area contributed by atoms with Gasteiger partial charge >= 0.3 is 6.18 Å². The summed E-state index contributed by atoms with van der Waals surface area (Å²) in [6.07, 6.45) is -1.71. The Morgan fingerprint density at radius 3 is 2.47 bits per heavy atom. The van der Waals surface area contributed by atoms with Crippen molar-refractivity contribution in [2.45, 2.75) is 31.5 Å². The van der Waals surface area contributed by atoms with Gasteiger partial charge in [0.2, 0.25) is 0 Å². The Kier molecular flexibility index (Phi) is 3.38. The van der Waals surface area contributed by atoms with E-state index in [4.69, 9.17) is 0 Å². The van der Waals surface area contributed by atoms with Crippen LogP contribution in [0.1, 0.15) is 36.4 Å². The zero-order valence-electron chi connectivity index (χ0n) is 9.15. The lowest BCUT2D eigenvalue weighted by Crippen LogP contribution is -2.27. The van der Waals surface area contributed by atoms with E-state index in [0.717, 1.165) is 37.9 Å². The van der Waals surface area contributed by atoms with E-state index in [9.17, 15) is 17.6 Å². The molecule has 0 spiro atoms. The Morgan fingerprint density at radius 1 is 1.18 bits per heavy atom. The summed E-state index contributed by atoms with van der Waals surface area (Å²) in [4.78, 5) is 0. The lowest BCUT2D eigenvalue weighted by atomic mass is 9.96. The zero-order valence-corrected chi connectivity index (χ0v) is 9.15. The second kappa shape index (κ2) is 4.64. The summed E-state index contributed by atoms with van der Waals surface area (Å²) in [7, 11) is 0. The van der Waals surface area contributed by atoms with Crippen LogP contribution in [0.5, 0.6) is 0 Å². The smallest absolute Gasteiger partial charge is 0.310 e. The second-order valence-corrected chi connectivity index (χ2v) is 4.24. The minimum absolute atomic E-state index is 0.0273. The molecule has 0 aliphatic carbocycles. The standard InChI is InChI=1S/C12H13F4N/c13-10-7-8(11-3-1-2-6-17-11)4-5-9(10)12(14,15)16/h4-5,7,11,17H,1-3,6H2. The minimum Gasteiger partial charge on any atom is -0.310 e. The predicted octanol–water partition coefficient (Wildman–Crippen LogP) is 3.66. The van der Waals surface area contributed by atoms with Gasteiger partial charge in [-0.15, -0.1) is 0 Å². The monoisotopic (exact) mass is 247 g/mol. The topological polar surface area (TPSA) is 12.0 Å². The molecule has 5 heteroatoms. The molecule has 1 heterocycles. The number of piperidine rings is 1. The normalized spacial score (nSPS) is 21.5. The second-order valence-electron chi connectivity index (χ2n) is 4.24. The molecule has 17 heavy (non-hydrogen) atoms. The van der Waals surface area contributed by atoms with E-state index in [-0.39, 0.29) is 6.04 Å². The summed E-state index contributed by atoms with van der Waals surface area (Å²) >= 11 is 0. The quantitative estimate of drug-likeness (QED) is 0.747. The molecular weight excluding hydrogens is 234 g/mol. The van der Waals surface area contributed by atoms with Crippen molar-refractivity contribution in [2.75, 3.05) is 6.54 Å². The summed E-state index contributed by atoms with van der Waals surface area (Å²) in [5.41, 5.74) is -0.604. The van der Waals surface area contributed by atoms with Crippen molar-refractivity contribution < 1.29 is 17.6 Å². The van der Waals surface area contributed by atoms with Gasteiger partial charge in [0.15, 0.2) is 0 Å². The molecule has 1 aromatic carbocycles. The Morgan fingerprint density at radius 2 is 1.94 bits per heavy atom. The number of nitrogens with one attached hydrogen (secondary N) is 1. The van der Waals surface area contributed by atoms with Gasteiger partial charge in [0.05, 0.1) is 5.56 Å². The van der Waals surface area contributed by atoms with Crippen LogP contribution in [0.2, 0.25) is 0 Å². The van der Waals surface area contributed by atoms with Crippen LogP contribution in [-0.2, 0) is 6.18 Å². The van der Waals surface area contributed by atoms with Crippen LogP contribution in [0.3, 0.4) is 0 Å². The molecule has 0 amide bonds. The first-order valence-electron chi connectivity index (χ1n) is 5.58. The van der Waals surface area contributed by atoms with Crippen molar-refractivity contribution in [3.05, 3.63) is 35.1 Å². The lowest BCUT2D eigenvalue weighted by molar-refractivity contribution is -0.140. The molecule has 0 aromatic heterocycles. The number of alkyl halides is 3. The number of hydrogen-bond acceptors (Lipinski definition) is 1. The van der Waals surface area contributed by atoms with E-state index in [1.54, 1.807) is 0 Å². The van der Waals surface area contributed by atoms with Gasteiger partial charge in [0.25, 0.3) is 0 Å². The first-order valence-corrected chi connectivity index (χ1v) is 5.58. The minimum atomic E-state index is -4.62. The van der Waals surface area contributed by atoms with Crippen LogP contribution >= 0.6 is 0 Å². The van der Waals surface area contributed by atoms with Gasteiger partial charge in [-0.1, -0.05) is 12.5 Å². The van der Waals surface area contributed by atoms with Gasteiger partial charge in [-0.2, -0.15) is 13.2 Å². The molecule has 1 N–H and O–H groups in total. The summed E-state index contributed by atoms with van der Waals surface area (Å²) in [6, 6.07) is 3.14. The predicted molar refractivity (Wildman–Crippen MR) is 56.0 cm³/mol. The van der Waals surface area contributed by atoms with Gasteiger partial charge in [-0.3, -0.25) is 0 Å². The van der Waals surface area contributed by atoms with Crippen molar-refractivity contribution >= 4 is 0 Å². The zero-order chi connectivity index (χ0) is 12.5. The molecule has 1 unspecified atom stereocenters. The molecule has 0 bridgehead atoms. The summed E-state index contributed by atoms with van der Waals surface area (Å²) in [5.74, 6) is -1.19. The molecule has 0 radical (unpaired) electrons. The molecule has 0 saturated carbocycles. The third kappa shape index (κ3) is 2.77. The van der Waals surface area contributed by atoms with Crippen LogP contribution in [0.15, 0.2) is 18.2 Å². The SMILES string of the molecule is Fc1cc(C2CCCCN2)ccc1C(F)(F)F. The van der Waals surface area contributed by atoms with Crippen LogP contribution in [0.4, 0.5) is 17.6 Å². The number of hydrogen-bond donors (Lipinski definition) is 1. The van der Waals surface area contributed by atoms with E-state index in [2.05, 4.69) is 5.32 Å². The maximum Gasteiger partial charge on any atom is 0.419 e. The van der Waals surface area contributed by atoms with Crippen LogP contribution in [0, 0.1) is 5.82 Å².